The number of aromatic nitrogens is 1. The van der Waals surface area contributed by atoms with Gasteiger partial charge in [-0.2, -0.15) is 13.2 Å². The Morgan fingerprint density at radius 2 is 1.84 bits per heavy atom. The van der Waals surface area contributed by atoms with Gasteiger partial charge in [-0.3, -0.25) is 0 Å². The van der Waals surface area contributed by atoms with Crippen molar-refractivity contribution in [2.24, 2.45) is 0 Å². The lowest BCUT2D eigenvalue weighted by Gasteiger charge is -2.27. The number of para-hydroxylation sites is 1. The predicted octanol–water partition coefficient (Wildman–Crippen LogP) is 4.51. The number of nitrogens with zero attached hydrogens (tertiary/aromatic N) is 1. The molecule has 0 radical (unpaired) electrons. The van der Waals surface area contributed by atoms with E-state index in [0.717, 1.165) is 11.1 Å². The van der Waals surface area contributed by atoms with Gasteiger partial charge in [-0.1, -0.05) is 12.1 Å². The molecule has 0 aliphatic heterocycles. The van der Waals surface area contributed by atoms with Crippen LogP contribution in [0.15, 0.2) is 35.8 Å². The van der Waals surface area contributed by atoms with E-state index < -0.39 is 17.3 Å². The van der Waals surface area contributed by atoms with E-state index in [-0.39, 0.29) is 5.69 Å². The molecule has 1 heterocycles. The SMILES string of the molecule is CC(C)(Nc1ccccc1C(F)(F)F)c1nccs1. The van der Waals surface area contributed by atoms with Crippen molar-refractivity contribution in [3.05, 3.63) is 46.4 Å². The lowest BCUT2D eigenvalue weighted by molar-refractivity contribution is -0.137. The van der Waals surface area contributed by atoms with Crippen LogP contribution in [0.2, 0.25) is 0 Å². The molecule has 0 saturated carbocycles. The molecule has 6 heteroatoms. The molecule has 0 amide bonds. The summed E-state index contributed by atoms with van der Waals surface area (Å²) >= 11 is 1.41. The van der Waals surface area contributed by atoms with Gasteiger partial charge in [-0.15, -0.1) is 11.3 Å². The molecule has 2 nitrogen and oxygen atoms in total. The van der Waals surface area contributed by atoms with Gasteiger partial charge in [0.2, 0.25) is 0 Å². The minimum absolute atomic E-state index is 0.0650. The summed E-state index contributed by atoms with van der Waals surface area (Å²) in [7, 11) is 0. The van der Waals surface area contributed by atoms with Crippen molar-refractivity contribution in [2.75, 3.05) is 5.32 Å². The Kier molecular flexibility index (Phi) is 3.54. The number of hydrogen-bond donors (Lipinski definition) is 1. The lowest BCUT2D eigenvalue weighted by Crippen LogP contribution is -2.29. The second-order valence-corrected chi connectivity index (χ2v) is 5.53. The van der Waals surface area contributed by atoms with Gasteiger partial charge in [0.05, 0.1) is 11.1 Å². The summed E-state index contributed by atoms with van der Waals surface area (Å²) in [6.45, 7) is 3.61. The number of rotatable bonds is 3. The van der Waals surface area contributed by atoms with Crippen LogP contribution >= 0.6 is 11.3 Å². The van der Waals surface area contributed by atoms with Crippen molar-refractivity contribution in [3.8, 4) is 0 Å². The van der Waals surface area contributed by atoms with E-state index in [2.05, 4.69) is 10.3 Å². The van der Waals surface area contributed by atoms with Crippen LogP contribution in [0.5, 0.6) is 0 Å². The van der Waals surface area contributed by atoms with E-state index in [1.165, 1.54) is 23.5 Å². The van der Waals surface area contributed by atoms with E-state index in [9.17, 15) is 13.2 Å². The number of hydrogen-bond acceptors (Lipinski definition) is 3. The molecular weight excluding hydrogens is 273 g/mol. The minimum atomic E-state index is -4.37. The van der Waals surface area contributed by atoms with Gasteiger partial charge < -0.3 is 5.32 Å². The zero-order chi connectivity index (χ0) is 14.1. The van der Waals surface area contributed by atoms with Crippen molar-refractivity contribution in [1.82, 2.24) is 4.98 Å². The van der Waals surface area contributed by atoms with Crippen molar-refractivity contribution in [3.63, 3.8) is 0 Å². The van der Waals surface area contributed by atoms with E-state index >= 15 is 0 Å². The van der Waals surface area contributed by atoms with Gasteiger partial charge in [0.15, 0.2) is 0 Å². The number of nitrogens with one attached hydrogen (secondary N) is 1. The first kappa shape index (κ1) is 13.9. The Morgan fingerprint density at radius 1 is 1.16 bits per heavy atom. The van der Waals surface area contributed by atoms with Crippen LogP contribution in [-0.4, -0.2) is 4.98 Å². The summed E-state index contributed by atoms with van der Waals surface area (Å²) in [5.41, 5.74) is -1.26. The Hall–Kier alpha value is -1.56. The highest BCUT2D eigenvalue weighted by Gasteiger charge is 2.35. The van der Waals surface area contributed by atoms with Crippen molar-refractivity contribution in [2.45, 2.75) is 25.6 Å². The van der Waals surface area contributed by atoms with E-state index in [1.54, 1.807) is 31.5 Å². The van der Waals surface area contributed by atoms with Gasteiger partial charge >= 0.3 is 6.18 Å². The van der Waals surface area contributed by atoms with Gasteiger partial charge in [0, 0.05) is 17.3 Å². The maximum absolute atomic E-state index is 12.9. The molecule has 0 atom stereocenters. The predicted molar refractivity (Wildman–Crippen MR) is 70.2 cm³/mol. The second kappa shape index (κ2) is 4.85. The van der Waals surface area contributed by atoms with Crippen LogP contribution in [0.3, 0.4) is 0 Å². The molecule has 0 bridgehead atoms. The summed E-state index contributed by atoms with van der Waals surface area (Å²) in [4.78, 5) is 4.15. The molecule has 1 N–H and O–H groups in total. The fourth-order valence-corrected chi connectivity index (χ4v) is 2.48. The normalized spacial score (nSPS) is 12.5. The number of thiazole rings is 1. The molecular formula is C13H13F3N2S. The molecule has 0 unspecified atom stereocenters. The summed E-state index contributed by atoms with van der Waals surface area (Å²) in [6.07, 6.45) is -2.73. The first-order chi connectivity index (χ1) is 8.81. The van der Waals surface area contributed by atoms with E-state index in [4.69, 9.17) is 0 Å². The number of anilines is 1. The smallest absolute Gasteiger partial charge is 0.373 e. The highest BCUT2D eigenvalue weighted by molar-refractivity contribution is 7.09. The average Bonchev–Trinajstić information content (AvgIpc) is 2.81. The van der Waals surface area contributed by atoms with Crippen molar-refractivity contribution < 1.29 is 13.2 Å². The monoisotopic (exact) mass is 286 g/mol. The third-order valence-electron chi connectivity index (χ3n) is 2.65. The zero-order valence-corrected chi connectivity index (χ0v) is 11.3. The molecule has 1 aromatic heterocycles. The summed E-state index contributed by atoms with van der Waals surface area (Å²) in [6, 6.07) is 5.46. The largest absolute Gasteiger partial charge is 0.418 e. The Morgan fingerprint density at radius 3 is 2.42 bits per heavy atom. The maximum Gasteiger partial charge on any atom is 0.418 e. The van der Waals surface area contributed by atoms with Crippen LogP contribution in [0.4, 0.5) is 18.9 Å². The first-order valence-electron chi connectivity index (χ1n) is 5.65. The van der Waals surface area contributed by atoms with Crippen LogP contribution in [-0.2, 0) is 11.7 Å². The molecule has 102 valence electrons. The first-order valence-corrected chi connectivity index (χ1v) is 6.53. The molecule has 0 aliphatic rings. The second-order valence-electron chi connectivity index (χ2n) is 4.63. The van der Waals surface area contributed by atoms with Crippen LogP contribution in [0.25, 0.3) is 0 Å². The lowest BCUT2D eigenvalue weighted by atomic mass is 10.0. The average molecular weight is 286 g/mol. The van der Waals surface area contributed by atoms with Gasteiger partial charge in [-0.05, 0) is 26.0 Å². The molecule has 0 spiro atoms. The summed E-state index contributed by atoms with van der Waals surface area (Å²) < 4.78 is 38.7. The number of benzene rings is 1. The molecule has 2 rings (SSSR count). The van der Waals surface area contributed by atoms with Crippen LogP contribution < -0.4 is 5.32 Å². The molecule has 19 heavy (non-hydrogen) atoms. The third-order valence-corrected chi connectivity index (χ3v) is 3.74. The van der Waals surface area contributed by atoms with Gasteiger partial charge in [0.1, 0.15) is 5.01 Å². The molecule has 2 aromatic rings. The van der Waals surface area contributed by atoms with Crippen LogP contribution in [0, 0.1) is 0 Å². The molecule has 0 aliphatic carbocycles. The number of alkyl halides is 3. The minimum Gasteiger partial charge on any atom is -0.373 e. The van der Waals surface area contributed by atoms with E-state index in [0.29, 0.717) is 0 Å². The quantitative estimate of drug-likeness (QED) is 0.898. The maximum atomic E-state index is 12.9. The molecule has 0 saturated heterocycles. The fourth-order valence-electron chi connectivity index (χ4n) is 1.76. The standard InChI is InChI=1S/C13H13F3N2S/c1-12(2,11-17-7-8-19-11)18-10-6-4-3-5-9(10)13(14,15)16/h3-8,18H,1-2H3. The summed E-state index contributed by atoms with van der Waals surface area (Å²) in [5, 5.41) is 5.46. The van der Waals surface area contributed by atoms with Crippen LogP contribution in [0.1, 0.15) is 24.4 Å². The van der Waals surface area contributed by atoms with Gasteiger partial charge in [-0.25, -0.2) is 4.98 Å². The summed E-state index contributed by atoms with van der Waals surface area (Å²) in [5.74, 6) is 0. The van der Waals surface area contributed by atoms with Gasteiger partial charge in [0.25, 0.3) is 0 Å². The number of halogens is 3. The zero-order valence-electron chi connectivity index (χ0n) is 10.5. The molecule has 1 aromatic carbocycles. The highest BCUT2D eigenvalue weighted by Crippen LogP contribution is 2.37. The van der Waals surface area contributed by atoms with Crippen molar-refractivity contribution in [1.29, 1.82) is 0 Å². The molecule has 0 fully saturated rings. The Bertz CT molecular complexity index is 547. The Labute approximate surface area is 113 Å². The Balaban J connectivity index is 2.34. The topological polar surface area (TPSA) is 24.9 Å². The van der Waals surface area contributed by atoms with Crippen molar-refractivity contribution >= 4 is 17.0 Å². The highest BCUT2D eigenvalue weighted by atomic mass is 32.1. The third kappa shape index (κ3) is 3.07. The fraction of sp³-hybridized carbons (Fsp3) is 0.308. The van der Waals surface area contributed by atoms with E-state index in [1.807, 2.05) is 0 Å².